The van der Waals surface area contributed by atoms with E-state index < -0.39 is 12.5 Å². The van der Waals surface area contributed by atoms with Crippen LogP contribution < -0.4 is 10.1 Å². The number of H-pyrrole nitrogens is 1. The summed E-state index contributed by atoms with van der Waals surface area (Å²) in [5, 5.41) is 13.0. The third-order valence-electron chi connectivity index (χ3n) is 3.15. The molecule has 1 amide bonds. The number of fused-ring (bicyclic) bond motifs is 1. The molecule has 3 aromatic rings. The van der Waals surface area contributed by atoms with Crippen molar-refractivity contribution in [2.24, 2.45) is 0 Å². The zero-order valence-corrected chi connectivity index (χ0v) is 12.7. The maximum absolute atomic E-state index is 12.4. The van der Waals surface area contributed by atoms with Crippen LogP contribution in [0.4, 0.5) is 8.78 Å². The molecule has 7 nitrogen and oxygen atoms in total. The number of carbonyl (C=O) groups is 1. The van der Waals surface area contributed by atoms with Crippen LogP contribution in [-0.2, 0) is 6.54 Å². The topological polar surface area (TPSA) is 92.8 Å². The summed E-state index contributed by atoms with van der Waals surface area (Å²) in [6.45, 7) is -3.03. The molecular weight excluding hydrogens is 344 g/mol. The summed E-state index contributed by atoms with van der Waals surface area (Å²) in [6.07, 6.45) is 1.42. The first kappa shape index (κ1) is 16.1. The number of carbonyl (C=O) groups excluding carboxylic acids is 1. The van der Waals surface area contributed by atoms with E-state index in [0.29, 0.717) is 21.7 Å². The van der Waals surface area contributed by atoms with E-state index in [1.54, 1.807) is 0 Å². The average molecular weight is 354 g/mol. The minimum Gasteiger partial charge on any atom is -0.434 e. The summed E-state index contributed by atoms with van der Waals surface area (Å²) in [5.41, 5.74) is 1.19. The number of halogens is 3. The van der Waals surface area contributed by atoms with E-state index in [0.717, 1.165) is 0 Å². The lowest BCUT2D eigenvalue weighted by Crippen LogP contribution is -2.23. The lowest BCUT2D eigenvalue weighted by atomic mass is 10.2. The average Bonchev–Trinajstić information content (AvgIpc) is 3.02. The molecule has 2 N–H and O–H groups in total. The Morgan fingerprint density at radius 1 is 1.33 bits per heavy atom. The standard InChI is InChI=1S/C14H10ClF2N5O2/c15-8-1-2-10(24-14(16)17)7(5-8)6-19-13(23)9-3-4-18-12-11(9)20-22-21-12/h1-5,14H,6H2,(H,19,23)(H,18,20,21,22). The Bertz CT molecular complexity index is 886. The summed E-state index contributed by atoms with van der Waals surface area (Å²) in [7, 11) is 0. The van der Waals surface area contributed by atoms with Gasteiger partial charge in [-0.05, 0) is 24.3 Å². The monoisotopic (exact) mass is 353 g/mol. The van der Waals surface area contributed by atoms with Gasteiger partial charge < -0.3 is 10.1 Å². The molecule has 0 unspecified atom stereocenters. The Morgan fingerprint density at radius 3 is 2.96 bits per heavy atom. The maximum Gasteiger partial charge on any atom is 0.387 e. The number of pyridine rings is 1. The van der Waals surface area contributed by atoms with Crippen LogP contribution in [0.15, 0.2) is 30.5 Å². The van der Waals surface area contributed by atoms with Crippen LogP contribution in [0.3, 0.4) is 0 Å². The third kappa shape index (κ3) is 3.40. The highest BCUT2D eigenvalue weighted by Crippen LogP contribution is 2.24. The van der Waals surface area contributed by atoms with Gasteiger partial charge in [0.25, 0.3) is 5.91 Å². The van der Waals surface area contributed by atoms with Gasteiger partial charge in [0.1, 0.15) is 11.3 Å². The zero-order chi connectivity index (χ0) is 17.1. The molecule has 0 atom stereocenters. The predicted octanol–water partition coefficient (Wildman–Crippen LogP) is 2.54. The Balaban J connectivity index is 1.79. The molecule has 2 aromatic heterocycles. The second-order valence-corrected chi connectivity index (χ2v) is 5.10. The molecule has 0 bridgehead atoms. The predicted molar refractivity (Wildman–Crippen MR) is 80.9 cm³/mol. The van der Waals surface area contributed by atoms with Crippen molar-refractivity contribution in [1.82, 2.24) is 25.7 Å². The Hall–Kier alpha value is -2.81. The summed E-state index contributed by atoms with van der Waals surface area (Å²) < 4.78 is 29.3. The highest BCUT2D eigenvalue weighted by molar-refractivity contribution is 6.30. The lowest BCUT2D eigenvalue weighted by Gasteiger charge is -2.12. The fourth-order valence-electron chi connectivity index (χ4n) is 2.11. The molecule has 0 aliphatic heterocycles. The van der Waals surface area contributed by atoms with E-state index in [1.807, 2.05) is 0 Å². The van der Waals surface area contributed by atoms with Crippen molar-refractivity contribution in [3.05, 3.63) is 46.6 Å². The number of hydrogen-bond acceptors (Lipinski definition) is 5. The van der Waals surface area contributed by atoms with Gasteiger partial charge in [0.15, 0.2) is 0 Å². The highest BCUT2D eigenvalue weighted by atomic mass is 35.5. The first-order chi connectivity index (χ1) is 11.5. The normalized spacial score (nSPS) is 11.0. The molecule has 2 heterocycles. The molecule has 0 radical (unpaired) electrons. The third-order valence-corrected chi connectivity index (χ3v) is 3.38. The van der Waals surface area contributed by atoms with Crippen molar-refractivity contribution < 1.29 is 18.3 Å². The Morgan fingerprint density at radius 2 is 2.17 bits per heavy atom. The molecular formula is C14H10ClF2N5O2. The summed E-state index contributed by atoms with van der Waals surface area (Å²) in [6, 6.07) is 5.66. The number of amides is 1. The van der Waals surface area contributed by atoms with E-state index in [-0.39, 0.29) is 17.9 Å². The van der Waals surface area contributed by atoms with Crippen molar-refractivity contribution in [1.29, 1.82) is 0 Å². The van der Waals surface area contributed by atoms with E-state index in [4.69, 9.17) is 11.6 Å². The van der Waals surface area contributed by atoms with Crippen molar-refractivity contribution in [3.8, 4) is 5.75 Å². The molecule has 0 aliphatic carbocycles. The largest absolute Gasteiger partial charge is 0.434 e. The van der Waals surface area contributed by atoms with Crippen LogP contribution >= 0.6 is 11.6 Å². The fraction of sp³-hybridized carbons (Fsp3) is 0.143. The molecule has 3 rings (SSSR count). The quantitative estimate of drug-likeness (QED) is 0.735. The molecule has 0 saturated carbocycles. The molecule has 0 saturated heterocycles. The van der Waals surface area contributed by atoms with Gasteiger partial charge in [-0.25, -0.2) is 4.98 Å². The van der Waals surface area contributed by atoms with Crippen molar-refractivity contribution in [2.75, 3.05) is 0 Å². The van der Waals surface area contributed by atoms with E-state index in [2.05, 4.69) is 30.4 Å². The molecule has 124 valence electrons. The number of ether oxygens (including phenoxy) is 1. The molecule has 0 aliphatic rings. The van der Waals surface area contributed by atoms with Crippen molar-refractivity contribution >= 4 is 28.7 Å². The van der Waals surface area contributed by atoms with Crippen LogP contribution in [-0.4, -0.2) is 32.9 Å². The van der Waals surface area contributed by atoms with Crippen LogP contribution in [0.2, 0.25) is 5.02 Å². The number of aromatic nitrogens is 4. The summed E-state index contributed by atoms with van der Waals surface area (Å²) in [4.78, 5) is 16.3. The summed E-state index contributed by atoms with van der Waals surface area (Å²) in [5.74, 6) is -0.518. The molecule has 10 heteroatoms. The summed E-state index contributed by atoms with van der Waals surface area (Å²) >= 11 is 5.86. The number of benzene rings is 1. The van der Waals surface area contributed by atoms with Gasteiger partial charge in [0.2, 0.25) is 5.65 Å². The number of hydrogen-bond donors (Lipinski definition) is 2. The number of alkyl halides is 2. The molecule has 0 spiro atoms. The maximum atomic E-state index is 12.4. The van der Waals surface area contributed by atoms with Crippen LogP contribution in [0.25, 0.3) is 11.2 Å². The first-order valence-electron chi connectivity index (χ1n) is 6.71. The smallest absolute Gasteiger partial charge is 0.387 e. The van der Waals surface area contributed by atoms with Crippen LogP contribution in [0, 0.1) is 0 Å². The number of nitrogens with zero attached hydrogens (tertiary/aromatic N) is 3. The first-order valence-corrected chi connectivity index (χ1v) is 7.09. The SMILES string of the molecule is O=C(NCc1cc(Cl)ccc1OC(F)F)c1ccnc2n[nH]nc12. The van der Waals surface area contributed by atoms with Gasteiger partial charge in [-0.15, -0.1) is 5.10 Å². The Kier molecular flexibility index (Phi) is 4.52. The second kappa shape index (κ2) is 6.75. The zero-order valence-electron chi connectivity index (χ0n) is 12.0. The van der Waals surface area contributed by atoms with Crippen LogP contribution in [0.1, 0.15) is 15.9 Å². The number of aromatic amines is 1. The van der Waals surface area contributed by atoms with E-state index in [9.17, 15) is 13.6 Å². The van der Waals surface area contributed by atoms with Gasteiger partial charge in [-0.1, -0.05) is 11.6 Å². The van der Waals surface area contributed by atoms with Gasteiger partial charge >= 0.3 is 6.61 Å². The van der Waals surface area contributed by atoms with Crippen LogP contribution in [0.5, 0.6) is 5.75 Å². The van der Waals surface area contributed by atoms with Gasteiger partial charge in [-0.3, -0.25) is 4.79 Å². The van der Waals surface area contributed by atoms with Gasteiger partial charge in [-0.2, -0.15) is 19.1 Å². The second-order valence-electron chi connectivity index (χ2n) is 4.67. The fourth-order valence-corrected chi connectivity index (χ4v) is 2.30. The Labute approximate surface area is 139 Å². The number of rotatable bonds is 5. The van der Waals surface area contributed by atoms with Crippen molar-refractivity contribution in [3.63, 3.8) is 0 Å². The number of nitrogens with one attached hydrogen (secondary N) is 2. The minimum atomic E-state index is -2.98. The lowest BCUT2D eigenvalue weighted by molar-refractivity contribution is -0.0504. The van der Waals surface area contributed by atoms with Gasteiger partial charge in [0.05, 0.1) is 5.56 Å². The molecule has 0 fully saturated rings. The van der Waals surface area contributed by atoms with Gasteiger partial charge in [0, 0.05) is 23.3 Å². The molecule has 24 heavy (non-hydrogen) atoms. The van der Waals surface area contributed by atoms with Crippen molar-refractivity contribution in [2.45, 2.75) is 13.2 Å². The van der Waals surface area contributed by atoms with E-state index >= 15 is 0 Å². The minimum absolute atomic E-state index is 0.0525. The highest BCUT2D eigenvalue weighted by Gasteiger charge is 2.15. The van der Waals surface area contributed by atoms with E-state index in [1.165, 1.54) is 30.5 Å². The molecule has 1 aromatic carbocycles.